The number of amides is 3. The summed E-state index contributed by atoms with van der Waals surface area (Å²) in [6, 6.07) is 18.2. The van der Waals surface area contributed by atoms with E-state index in [0.717, 1.165) is 6.07 Å². The predicted molar refractivity (Wildman–Crippen MR) is 176 cm³/mol. The SMILES string of the molecule is Cc1ccccc1NC(=O)C1CC(S(=O)(=O)c2ccccc2)C(c2ccccc2F)N1C(C(=O)O)c1cccc(CC=O)c1NC(N)=O. The molecule has 0 radical (unpaired) electrons. The standard InChI is InChI=1S/C35H33FN4O7S/c1-21-10-5-8-17-27(21)38-33(42)28-20-29(48(46,47)23-12-3-2-4-13-23)31(24-14-6-7-16-26(24)36)40(28)32(34(43)44)25-15-9-11-22(18-19-41)30(25)39-35(37)45/h2-17,19,28-29,31-32H,18,20H2,1H3,(H,38,42)(H,43,44)(H3,37,39,45). The van der Waals surface area contributed by atoms with Crippen molar-refractivity contribution in [2.45, 2.75) is 48.0 Å². The molecule has 11 nitrogen and oxygen atoms in total. The molecule has 1 saturated heterocycles. The van der Waals surface area contributed by atoms with Crippen LogP contribution in [0.2, 0.25) is 0 Å². The van der Waals surface area contributed by atoms with Gasteiger partial charge in [-0.05, 0) is 48.7 Å². The zero-order chi connectivity index (χ0) is 34.6. The van der Waals surface area contributed by atoms with Crippen LogP contribution < -0.4 is 16.4 Å². The van der Waals surface area contributed by atoms with Crippen molar-refractivity contribution in [3.8, 4) is 0 Å². The molecule has 1 heterocycles. The number of nitrogens with two attached hydrogens (primary N) is 1. The Kier molecular flexibility index (Phi) is 10.0. The van der Waals surface area contributed by atoms with Crippen molar-refractivity contribution in [2.24, 2.45) is 5.73 Å². The maximum absolute atomic E-state index is 15.8. The van der Waals surface area contributed by atoms with E-state index in [0.29, 0.717) is 17.5 Å². The molecule has 13 heteroatoms. The molecule has 0 aliphatic carbocycles. The molecule has 4 aromatic carbocycles. The van der Waals surface area contributed by atoms with Crippen LogP contribution in [0.4, 0.5) is 20.6 Å². The van der Waals surface area contributed by atoms with E-state index in [2.05, 4.69) is 10.6 Å². The number of likely N-dealkylation sites (tertiary alicyclic amines) is 1. The van der Waals surface area contributed by atoms with Crippen molar-refractivity contribution in [2.75, 3.05) is 10.6 Å². The van der Waals surface area contributed by atoms with Crippen molar-refractivity contribution < 1.29 is 37.1 Å². The molecule has 0 bridgehead atoms. The van der Waals surface area contributed by atoms with E-state index < -0.39 is 63.4 Å². The molecule has 5 N–H and O–H groups in total. The van der Waals surface area contributed by atoms with E-state index in [1.54, 1.807) is 37.3 Å². The van der Waals surface area contributed by atoms with E-state index in [4.69, 9.17) is 5.73 Å². The van der Waals surface area contributed by atoms with Crippen LogP contribution in [0.15, 0.2) is 102 Å². The normalized spacial score (nSPS) is 18.5. The zero-order valence-corrected chi connectivity index (χ0v) is 26.6. The second kappa shape index (κ2) is 14.2. The number of rotatable bonds is 11. The molecule has 4 aromatic rings. The molecule has 48 heavy (non-hydrogen) atoms. The van der Waals surface area contributed by atoms with Gasteiger partial charge in [0.2, 0.25) is 5.91 Å². The lowest BCUT2D eigenvalue weighted by Crippen LogP contribution is -2.46. The van der Waals surface area contributed by atoms with Gasteiger partial charge in [-0.3, -0.25) is 14.5 Å². The van der Waals surface area contributed by atoms with Crippen molar-refractivity contribution >= 4 is 45.4 Å². The number of carboxylic acids is 1. The molecule has 4 atom stereocenters. The average molecular weight is 673 g/mol. The first-order valence-corrected chi connectivity index (χ1v) is 16.5. The maximum atomic E-state index is 15.8. The van der Waals surface area contributed by atoms with E-state index in [1.165, 1.54) is 65.6 Å². The van der Waals surface area contributed by atoms with Crippen molar-refractivity contribution in [3.63, 3.8) is 0 Å². The summed E-state index contributed by atoms with van der Waals surface area (Å²) in [5, 5.41) is 14.6. The minimum Gasteiger partial charge on any atom is -0.480 e. The number of carbonyl (C=O) groups is 4. The number of sulfone groups is 1. The minimum atomic E-state index is -4.34. The lowest BCUT2D eigenvalue weighted by atomic mass is 9.95. The Morgan fingerprint density at radius 3 is 2.27 bits per heavy atom. The van der Waals surface area contributed by atoms with Crippen LogP contribution in [0.5, 0.6) is 0 Å². The van der Waals surface area contributed by atoms with Gasteiger partial charge in [0.15, 0.2) is 9.84 Å². The van der Waals surface area contributed by atoms with Gasteiger partial charge in [-0.1, -0.05) is 72.8 Å². The average Bonchev–Trinajstić information content (AvgIpc) is 3.45. The van der Waals surface area contributed by atoms with Gasteiger partial charge in [0, 0.05) is 23.2 Å². The van der Waals surface area contributed by atoms with Crippen LogP contribution in [-0.2, 0) is 30.6 Å². The first kappa shape index (κ1) is 33.9. The second-order valence-corrected chi connectivity index (χ2v) is 13.5. The summed E-state index contributed by atoms with van der Waals surface area (Å²) in [4.78, 5) is 52.5. The monoisotopic (exact) mass is 672 g/mol. The Bertz CT molecular complexity index is 1970. The van der Waals surface area contributed by atoms with Crippen LogP contribution in [-0.4, -0.2) is 53.9 Å². The van der Waals surface area contributed by atoms with Crippen LogP contribution in [0, 0.1) is 12.7 Å². The molecule has 1 fully saturated rings. The van der Waals surface area contributed by atoms with Gasteiger partial charge >= 0.3 is 12.0 Å². The van der Waals surface area contributed by atoms with Crippen LogP contribution in [0.3, 0.4) is 0 Å². The molecule has 1 aliphatic heterocycles. The van der Waals surface area contributed by atoms with Gasteiger partial charge in [-0.25, -0.2) is 17.6 Å². The first-order chi connectivity index (χ1) is 22.9. The lowest BCUT2D eigenvalue weighted by Gasteiger charge is -2.37. The Balaban J connectivity index is 1.80. The molecule has 5 rings (SSSR count). The molecule has 248 valence electrons. The summed E-state index contributed by atoms with van der Waals surface area (Å²) >= 11 is 0. The van der Waals surface area contributed by atoms with E-state index >= 15 is 4.39 Å². The zero-order valence-electron chi connectivity index (χ0n) is 25.7. The Morgan fingerprint density at radius 1 is 0.958 bits per heavy atom. The first-order valence-electron chi connectivity index (χ1n) is 15.0. The van der Waals surface area contributed by atoms with Gasteiger partial charge in [0.1, 0.15) is 18.1 Å². The number of urea groups is 1. The molecule has 0 spiro atoms. The third-order valence-corrected chi connectivity index (χ3v) is 10.6. The van der Waals surface area contributed by atoms with Crippen LogP contribution in [0.25, 0.3) is 0 Å². The maximum Gasteiger partial charge on any atom is 0.325 e. The number of primary amides is 1. The van der Waals surface area contributed by atoms with Gasteiger partial charge in [-0.15, -0.1) is 0 Å². The Labute approximate surface area is 276 Å². The Morgan fingerprint density at radius 2 is 1.62 bits per heavy atom. The molecule has 1 aliphatic rings. The number of benzene rings is 4. The Hall–Kier alpha value is -5.40. The summed E-state index contributed by atoms with van der Waals surface area (Å²) < 4.78 is 44.6. The molecular formula is C35H33FN4O7S. The van der Waals surface area contributed by atoms with Gasteiger partial charge < -0.3 is 26.3 Å². The third kappa shape index (κ3) is 6.68. The molecule has 0 aromatic heterocycles. The number of nitrogens with zero attached hydrogens (tertiary/aromatic N) is 1. The summed E-state index contributed by atoms with van der Waals surface area (Å²) in [7, 11) is -4.34. The van der Waals surface area contributed by atoms with E-state index in [9.17, 15) is 32.7 Å². The highest BCUT2D eigenvalue weighted by atomic mass is 32.2. The van der Waals surface area contributed by atoms with Gasteiger partial charge in [-0.2, -0.15) is 0 Å². The van der Waals surface area contributed by atoms with Crippen molar-refractivity contribution in [3.05, 3.63) is 125 Å². The number of nitrogens with one attached hydrogen (secondary N) is 2. The largest absolute Gasteiger partial charge is 0.480 e. The summed E-state index contributed by atoms with van der Waals surface area (Å²) in [6.07, 6.45) is -0.0843. The summed E-state index contributed by atoms with van der Waals surface area (Å²) in [6.45, 7) is 1.76. The fourth-order valence-electron chi connectivity index (χ4n) is 6.33. The van der Waals surface area contributed by atoms with E-state index in [-0.39, 0.29) is 33.7 Å². The number of aryl methyl sites for hydroxylation is 1. The number of para-hydroxylation sites is 2. The topological polar surface area (TPSA) is 176 Å². The number of halogens is 1. The smallest absolute Gasteiger partial charge is 0.325 e. The van der Waals surface area contributed by atoms with Gasteiger partial charge in [0.25, 0.3) is 0 Å². The number of aldehydes is 1. The molecule has 4 unspecified atom stereocenters. The fourth-order valence-corrected chi connectivity index (χ4v) is 8.28. The van der Waals surface area contributed by atoms with Crippen LogP contribution in [0.1, 0.15) is 40.8 Å². The van der Waals surface area contributed by atoms with Crippen molar-refractivity contribution in [1.82, 2.24) is 4.90 Å². The van der Waals surface area contributed by atoms with Gasteiger partial charge in [0.05, 0.1) is 27.9 Å². The number of carbonyl (C=O) groups excluding carboxylic acids is 3. The van der Waals surface area contributed by atoms with Crippen LogP contribution >= 0.6 is 0 Å². The minimum absolute atomic E-state index is 0.0894. The summed E-state index contributed by atoms with van der Waals surface area (Å²) in [5.74, 6) is -3.07. The molecular weight excluding hydrogens is 639 g/mol. The van der Waals surface area contributed by atoms with E-state index in [1.807, 2.05) is 0 Å². The molecule has 3 amide bonds. The van der Waals surface area contributed by atoms with Crippen molar-refractivity contribution in [1.29, 1.82) is 0 Å². The quantitative estimate of drug-likeness (QED) is 0.165. The second-order valence-electron chi connectivity index (χ2n) is 11.3. The number of hydrogen-bond acceptors (Lipinski definition) is 7. The number of hydrogen-bond donors (Lipinski definition) is 4. The lowest BCUT2D eigenvalue weighted by molar-refractivity contribution is -0.146. The summed E-state index contributed by atoms with van der Waals surface area (Å²) in [5.41, 5.74) is 6.46. The third-order valence-electron chi connectivity index (χ3n) is 8.45. The highest BCUT2D eigenvalue weighted by molar-refractivity contribution is 7.92. The number of anilines is 2. The fraction of sp³-hybridized carbons (Fsp3) is 0.200. The molecule has 0 saturated carbocycles. The number of aliphatic carboxylic acids is 1. The predicted octanol–water partition coefficient (Wildman–Crippen LogP) is 4.79. The highest BCUT2D eigenvalue weighted by Crippen LogP contribution is 2.49. The number of carboxylic acid groups (broad SMARTS) is 1. The highest BCUT2D eigenvalue weighted by Gasteiger charge is 2.55.